The van der Waals surface area contributed by atoms with E-state index < -0.39 is 10.0 Å². The number of rotatable bonds is 9. The second kappa shape index (κ2) is 8.12. The van der Waals surface area contributed by atoms with Gasteiger partial charge in [0.05, 0.1) is 0 Å². The van der Waals surface area contributed by atoms with Crippen molar-refractivity contribution in [2.75, 3.05) is 19.6 Å². The maximum Gasteiger partial charge on any atom is 0.250 e. The second-order valence-electron chi connectivity index (χ2n) is 5.40. The summed E-state index contributed by atoms with van der Waals surface area (Å²) in [4.78, 5) is 1.10. The van der Waals surface area contributed by atoms with Crippen molar-refractivity contribution in [3.05, 3.63) is 17.0 Å². The first kappa shape index (κ1) is 17.6. The van der Waals surface area contributed by atoms with Gasteiger partial charge in [-0.3, -0.25) is 0 Å². The highest BCUT2D eigenvalue weighted by Crippen LogP contribution is 2.22. The normalized spacial score (nSPS) is 13.8. The van der Waals surface area contributed by atoms with E-state index in [1.807, 2.05) is 6.07 Å². The number of sulfonamides is 1. The highest BCUT2D eigenvalue weighted by Gasteiger charge is 2.18. The van der Waals surface area contributed by atoms with Gasteiger partial charge >= 0.3 is 0 Å². The molecule has 4 nitrogen and oxygen atoms in total. The Kier molecular flexibility index (Phi) is 7.15. The van der Waals surface area contributed by atoms with Gasteiger partial charge in [0.15, 0.2) is 0 Å². The summed E-state index contributed by atoms with van der Waals surface area (Å²) < 4.78 is 27.5. The van der Waals surface area contributed by atoms with Crippen molar-refractivity contribution in [1.82, 2.24) is 10.0 Å². The largest absolute Gasteiger partial charge is 0.317 e. The predicted octanol–water partition coefficient (Wildman–Crippen LogP) is 2.47. The quantitative estimate of drug-likeness (QED) is 0.688. The van der Waals surface area contributed by atoms with E-state index >= 15 is 0 Å². The van der Waals surface area contributed by atoms with E-state index in [4.69, 9.17) is 0 Å². The van der Waals surface area contributed by atoms with Crippen LogP contribution in [0.5, 0.6) is 0 Å². The van der Waals surface area contributed by atoms with Crippen molar-refractivity contribution >= 4 is 21.4 Å². The van der Waals surface area contributed by atoms with Gasteiger partial charge in [0, 0.05) is 11.4 Å². The lowest BCUT2D eigenvalue weighted by atomic mass is 9.99. The van der Waals surface area contributed by atoms with Crippen molar-refractivity contribution < 1.29 is 8.42 Å². The molecule has 0 saturated carbocycles. The van der Waals surface area contributed by atoms with Crippen molar-refractivity contribution in [2.24, 2.45) is 11.8 Å². The molecule has 0 amide bonds. The summed E-state index contributed by atoms with van der Waals surface area (Å²) in [6.07, 6.45) is 0.871. The first-order valence-corrected chi connectivity index (χ1v) is 9.46. The molecule has 1 rings (SSSR count). The molecule has 20 heavy (non-hydrogen) atoms. The molecule has 0 fully saturated rings. The molecule has 1 atom stereocenters. The third-order valence-electron chi connectivity index (χ3n) is 3.43. The molecule has 0 saturated heterocycles. The summed E-state index contributed by atoms with van der Waals surface area (Å²) in [7, 11) is -3.35. The van der Waals surface area contributed by atoms with E-state index in [9.17, 15) is 8.42 Å². The highest BCUT2D eigenvalue weighted by atomic mass is 32.2. The lowest BCUT2D eigenvalue weighted by molar-refractivity contribution is 0.415. The standard InChI is InChI=1S/C14H26N2O2S2/c1-5-15-9-8-13-6-7-14(19-13)20(17,18)16-10-12(4)11(2)3/h6-7,11-12,15-16H,5,8-10H2,1-4H3. The summed E-state index contributed by atoms with van der Waals surface area (Å²) in [5.41, 5.74) is 0. The van der Waals surface area contributed by atoms with E-state index in [0.717, 1.165) is 24.4 Å². The van der Waals surface area contributed by atoms with Gasteiger partial charge in [-0.1, -0.05) is 27.7 Å². The molecule has 0 aliphatic heterocycles. The van der Waals surface area contributed by atoms with E-state index in [2.05, 4.69) is 37.7 Å². The fraction of sp³-hybridized carbons (Fsp3) is 0.714. The first-order chi connectivity index (χ1) is 9.36. The van der Waals surface area contributed by atoms with Gasteiger partial charge in [-0.2, -0.15) is 0 Å². The number of thiophene rings is 1. The Labute approximate surface area is 127 Å². The van der Waals surface area contributed by atoms with Gasteiger partial charge in [0.2, 0.25) is 10.0 Å². The van der Waals surface area contributed by atoms with Crippen LogP contribution in [0.1, 0.15) is 32.6 Å². The second-order valence-corrected chi connectivity index (χ2v) is 8.56. The van der Waals surface area contributed by atoms with Gasteiger partial charge in [0.1, 0.15) is 4.21 Å². The molecule has 1 unspecified atom stereocenters. The fourth-order valence-electron chi connectivity index (χ4n) is 1.57. The molecule has 2 N–H and O–H groups in total. The molecule has 0 aromatic carbocycles. The van der Waals surface area contributed by atoms with E-state index in [-0.39, 0.29) is 0 Å². The predicted molar refractivity (Wildman–Crippen MR) is 85.8 cm³/mol. The molecular formula is C14H26N2O2S2. The zero-order chi connectivity index (χ0) is 15.2. The number of hydrogen-bond donors (Lipinski definition) is 2. The highest BCUT2D eigenvalue weighted by molar-refractivity contribution is 7.91. The summed E-state index contributed by atoms with van der Waals surface area (Å²) in [5.74, 6) is 0.801. The lowest BCUT2D eigenvalue weighted by Gasteiger charge is -2.15. The summed E-state index contributed by atoms with van der Waals surface area (Å²) in [6, 6.07) is 3.61. The topological polar surface area (TPSA) is 58.2 Å². The summed E-state index contributed by atoms with van der Waals surface area (Å²) >= 11 is 1.36. The van der Waals surface area contributed by atoms with Crippen LogP contribution in [0.4, 0.5) is 0 Å². The van der Waals surface area contributed by atoms with Crippen LogP contribution in [0.25, 0.3) is 0 Å². The molecule has 116 valence electrons. The molecular weight excluding hydrogens is 292 g/mol. The molecule has 1 aromatic rings. The molecule has 0 radical (unpaired) electrons. The molecule has 0 aliphatic carbocycles. The van der Waals surface area contributed by atoms with Crippen molar-refractivity contribution in [3.8, 4) is 0 Å². The number of nitrogens with one attached hydrogen (secondary N) is 2. The number of likely N-dealkylation sites (N-methyl/N-ethyl adjacent to an activating group) is 1. The first-order valence-electron chi connectivity index (χ1n) is 7.16. The average molecular weight is 319 g/mol. The van der Waals surface area contributed by atoms with E-state index in [0.29, 0.717) is 22.6 Å². The fourth-order valence-corrected chi connectivity index (χ4v) is 4.12. The maximum absolute atomic E-state index is 12.2. The van der Waals surface area contributed by atoms with Crippen LogP contribution in [-0.2, 0) is 16.4 Å². The monoisotopic (exact) mass is 318 g/mol. The van der Waals surface area contributed by atoms with Crippen LogP contribution in [0.3, 0.4) is 0 Å². The van der Waals surface area contributed by atoms with Crippen LogP contribution in [0.2, 0.25) is 0 Å². The third kappa shape index (κ3) is 5.52. The molecule has 0 spiro atoms. The number of hydrogen-bond acceptors (Lipinski definition) is 4. The third-order valence-corrected chi connectivity index (χ3v) is 6.49. The Balaban J connectivity index is 2.59. The minimum Gasteiger partial charge on any atom is -0.317 e. The minimum atomic E-state index is -3.35. The van der Waals surface area contributed by atoms with E-state index in [1.54, 1.807) is 6.07 Å². The van der Waals surface area contributed by atoms with Crippen LogP contribution < -0.4 is 10.0 Å². The molecule has 6 heteroatoms. The molecule has 1 heterocycles. The van der Waals surface area contributed by atoms with Crippen LogP contribution in [0, 0.1) is 11.8 Å². The lowest BCUT2D eigenvalue weighted by Crippen LogP contribution is -2.29. The van der Waals surface area contributed by atoms with Gasteiger partial charge in [-0.25, -0.2) is 13.1 Å². The average Bonchev–Trinajstić information content (AvgIpc) is 2.86. The zero-order valence-corrected chi connectivity index (χ0v) is 14.4. The van der Waals surface area contributed by atoms with Gasteiger partial charge in [-0.15, -0.1) is 11.3 Å². The van der Waals surface area contributed by atoms with Crippen molar-refractivity contribution in [3.63, 3.8) is 0 Å². The Morgan fingerprint density at radius 1 is 1.25 bits per heavy atom. The molecule has 1 aromatic heterocycles. The SMILES string of the molecule is CCNCCc1ccc(S(=O)(=O)NCC(C)C(C)C)s1. The molecule has 0 bridgehead atoms. The maximum atomic E-state index is 12.2. The van der Waals surface area contributed by atoms with Gasteiger partial charge in [0.25, 0.3) is 0 Å². The molecule has 0 aliphatic rings. The van der Waals surface area contributed by atoms with Gasteiger partial charge in [-0.05, 0) is 43.5 Å². The van der Waals surface area contributed by atoms with Crippen LogP contribution in [0.15, 0.2) is 16.3 Å². The van der Waals surface area contributed by atoms with Crippen molar-refractivity contribution in [1.29, 1.82) is 0 Å². The zero-order valence-electron chi connectivity index (χ0n) is 12.8. The summed E-state index contributed by atoms with van der Waals surface area (Å²) in [5, 5.41) is 3.24. The van der Waals surface area contributed by atoms with Crippen molar-refractivity contribution in [2.45, 2.75) is 38.3 Å². The van der Waals surface area contributed by atoms with Gasteiger partial charge < -0.3 is 5.32 Å². The Hall–Kier alpha value is -0.430. The summed E-state index contributed by atoms with van der Waals surface area (Å²) in [6.45, 7) is 10.6. The Morgan fingerprint density at radius 2 is 1.95 bits per heavy atom. The van der Waals surface area contributed by atoms with E-state index in [1.165, 1.54) is 11.3 Å². The van der Waals surface area contributed by atoms with Crippen LogP contribution in [-0.4, -0.2) is 28.1 Å². The van der Waals surface area contributed by atoms with Crippen LogP contribution >= 0.6 is 11.3 Å². The Morgan fingerprint density at radius 3 is 2.55 bits per heavy atom. The smallest absolute Gasteiger partial charge is 0.250 e. The Bertz CT molecular complexity index is 495. The minimum absolute atomic E-state index is 0.331.